The van der Waals surface area contributed by atoms with E-state index < -0.39 is 0 Å². The van der Waals surface area contributed by atoms with Gasteiger partial charge in [-0.3, -0.25) is 9.36 Å². The SMILES string of the molecule is CN(C)CCCn1cnc2c(c1=O)CCNC2. The molecule has 2 heterocycles. The Balaban J connectivity index is 2.11. The van der Waals surface area contributed by atoms with E-state index in [-0.39, 0.29) is 5.56 Å². The fourth-order valence-corrected chi connectivity index (χ4v) is 2.11. The van der Waals surface area contributed by atoms with Gasteiger partial charge in [-0.15, -0.1) is 0 Å². The molecule has 5 nitrogen and oxygen atoms in total. The van der Waals surface area contributed by atoms with Crippen molar-refractivity contribution in [1.29, 1.82) is 0 Å². The Morgan fingerprint density at radius 3 is 3.12 bits per heavy atom. The number of hydrogen-bond donors (Lipinski definition) is 1. The first-order chi connectivity index (χ1) is 8.18. The van der Waals surface area contributed by atoms with Crippen molar-refractivity contribution in [1.82, 2.24) is 19.8 Å². The van der Waals surface area contributed by atoms with E-state index in [1.54, 1.807) is 10.9 Å². The highest BCUT2D eigenvalue weighted by Crippen LogP contribution is 2.05. The van der Waals surface area contributed by atoms with Crippen molar-refractivity contribution < 1.29 is 0 Å². The fourth-order valence-electron chi connectivity index (χ4n) is 2.11. The summed E-state index contributed by atoms with van der Waals surface area (Å²) in [5.41, 5.74) is 1.97. The molecule has 0 aromatic carbocycles. The molecule has 0 fully saturated rings. The summed E-state index contributed by atoms with van der Waals surface area (Å²) in [5.74, 6) is 0. The minimum atomic E-state index is 0.148. The van der Waals surface area contributed by atoms with Crippen LogP contribution in [0.1, 0.15) is 17.7 Å². The molecule has 0 bridgehead atoms. The molecule has 1 aliphatic rings. The van der Waals surface area contributed by atoms with Gasteiger partial charge in [0.15, 0.2) is 0 Å². The molecule has 1 aromatic heterocycles. The highest BCUT2D eigenvalue weighted by atomic mass is 16.1. The minimum absolute atomic E-state index is 0.148. The number of fused-ring (bicyclic) bond motifs is 1. The number of aryl methyl sites for hydroxylation is 1. The van der Waals surface area contributed by atoms with Gasteiger partial charge in [0.1, 0.15) is 0 Å². The lowest BCUT2D eigenvalue weighted by Gasteiger charge is -2.17. The molecular weight excluding hydrogens is 216 g/mol. The summed E-state index contributed by atoms with van der Waals surface area (Å²) < 4.78 is 1.74. The Morgan fingerprint density at radius 2 is 2.35 bits per heavy atom. The van der Waals surface area contributed by atoms with Crippen molar-refractivity contribution in [3.8, 4) is 0 Å². The molecule has 0 radical (unpaired) electrons. The van der Waals surface area contributed by atoms with Gasteiger partial charge in [-0.2, -0.15) is 0 Å². The second kappa shape index (κ2) is 5.42. The summed E-state index contributed by atoms with van der Waals surface area (Å²) in [7, 11) is 4.08. The zero-order chi connectivity index (χ0) is 12.3. The van der Waals surface area contributed by atoms with Crippen LogP contribution >= 0.6 is 0 Å². The van der Waals surface area contributed by atoms with Crippen molar-refractivity contribution in [2.45, 2.75) is 25.9 Å². The summed E-state index contributed by atoms with van der Waals surface area (Å²) in [5, 5.41) is 3.23. The van der Waals surface area contributed by atoms with Crippen molar-refractivity contribution >= 4 is 0 Å². The summed E-state index contributed by atoms with van der Waals surface area (Å²) in [4.78, 5) is 18.7. The summed E-state index contributed by atoms with van der Waals surface area (Å²) >= 11 is 0. The van der Waals surface area contributed by atoms with Gasteiger partial charge in [-0.05, 0) is 40.0 Å². The first-order valence-corrected chi connectivity index (χ1v) is 6.11. The lowest BCUT2D eigenvalue weighted by Crippen LogP contribution is -2.34. The smallest absolute Gasteiger partial charge is 0.256 e. The standard InChI is InChI=1S/C12H20N4O/c1-15(2)6-3-7-16-9-14-11-8-13-5-4-10(11)12(16)17/h9,13H,3-8H2,1-2H3. The molecule has 0 aliphatic carbocycles. The Hall–Kier alpha value is -1.20. The van der Waals surface area contributed by atoms with Gasteiger partial charge in [-0.1, -0.05) is 0 Å². The average Bonchev–Trinajstić information content (AvgIpc) is 2.32. The van der Waals surface area contributed by atoms with Crippen molar-refractivity contribution in [3.05, 3.63) is 27.9 Å². The minimum Gasteiger partial charge on any atom is -0.311 e. The zero-order valence-corrected chi connectivity index (χ0v) is 10.6. The highest BCUT2D eigenvalue weighted by molar-refractivity contribution is 5.19. The van der Waals surface area contributed by atoms with Crippen LogP contribution in [-0.2, 0) is 19.5 Å². The maximum absolute atomic E-state index is 12.2. The first kappa shape index (κ1) is 12.3. The quantitative estimate of drug-likeness (QED) is 0.789. The number of hydrogen-bond acceptors (Lipinski definition) is 4. The van der Waals surface area contributed by atoms with E-state index in [9.17, 15) is 4.79 Å². The van der Waals surface area contributed by atoms with E-state index in [1.165, 1.54) is 0 Å². The molecule has 0 unspecified atom stereocenters. The Bertz CT molecular complexity index is 439. The molecule has 1 N–H and O–H groups in total. The van der Waals surface area contributed by atoms with E-state index in [2.05, 4.69) is 15.2 Å². The van der Waals surface area contributed by atoms with Crippen LogP contribution in [-0.4, -0.2) is 41.6 Å². The van der Waals surface area contributed by atoms with Gasteiger partial charge in [0.05, 0.1) is 12.0 Å². The van der Waals surface area contributed by atoms with Gasteiger partial charge >= 0.3 is 0 Å². The van der Waals surface area contributed by atoms with Crippen LogP contribution in [0.5, 0.6) is 0 Å². The maximum Gasteiger partial charge on any atom is 0.256 e. The molecule has 0 amide bonds. The van der Waals surface area contributed by atoms with Gasteiger partial charge in [-0.25, -0.2) is 4.98 Å². The Labute approximate surface area is 101 Å². The molecule has 5 heteroatoms. The Kier molecular flexibility index (Phi) is 3.91. The zero-order valence-electron chi connectivity index (χ0n) is 10.6. The van der Waals surface area contributed by atoms with E-state index in [4.69, 9.17) is 0 Å². The molecule has 2 rings (SSSR count). The lowest BCUT2D eigenvalue weighted by atomic mass is 10.1. The van der Waals surface area contributed by atoms with Crippen LogP contribution in [0.25, 0.3) is 0 Å². The van der Waals surface area contributed by atoms with Crippen molar-refractivity contribution in [3.63, 3.8) is 0 Å². The van der Waals surface area contributed by atoms with Gasteiger partial charge in [0.25, 0.3) is 5.56 Å². The number of nitrogens with one attached hydrogen (secondary N) is 1. The maximum atomic E-state index is 12.2. The predicted molar refractivity (Wildman–Crippen MR) is 67.1 cm³/mol. The van der Waals surface area contributed by atoms with Gasteiger partial charge in [0, 0.05) is 18.7 Å². The third-order valence-corrected chi connectivity index (χ3v) is 3.07. The Morgan fingerprint density at radius 1 is 1.53 bits per heavy atom. The largest absolute Gasteiger partial charge is 0.311 e. The van der Waals surface area contributed by atoms with Crippen LogP contribution < -0.4 is 10.9 Å². The van der Waals surface area contributed by atoms with E-state index >= 15 is 0 Å². The van der Waals surface area contributed by atoms with Crippen LogP contribution in [0, 0.1) is 0 Å². The van der Waals surface area contributed by atoms with Gasteiger partial charge in [0.2, 0.25) is 0 Å². The molecule has 0 spiro atoms. The predicted octanol–water partition coefficient (Wildman–Crippen LogP) is -0.159. The first-order valence-electron chi connectivity index (χ1n) is 6.11. The van der Waals surface area contributed by atoms with Crippen LogP contribution in [0.3, 0.4) is 0 Å². The highest BCUT2D eigenvalue weighted by Gasteiger charge is 2.14. The van der Waals surface area contributed by atoms with Gasteiger partial charge < -0.3 is 10.2 Å². The molecule has 1 aliphatic heterocycles. The van der Waals surface area contributed by atoms with Crippen LogP contribution in [0.4, 0.5) is 0 Å². The number of aromatic nitrogens is 2. The summed E-state index contributed by atoms with van der Waals surface area (Å²) in [6.07, 6.45) is 3.46. The molecule has 17 heavy (non-hydrogen) atoms. The summed E-state index contributed by atoms with van der Waals surface area (Å²) in [6.45, 7) is 3.35. The van der Waals surface area contributed by atoms with Crippen LogP contribution in [0.15, 0.2) is 11.1 Å². The second-order valence-electron chi connectivity index (χ2n) is 4.75. The number of nitrogens with zero attached hydrogens (tertiary/aromatic N) is 3. The van der Waals surface area contributed by atoms with E-state index in [0.717, 1.165) is 50.3 Å². The van der Waals surface area contributed by atoms with Crippen molar-refractivity contribution in [2.24, 2.45) is 0 Å². The molecule has 0 saturated carbocycles. The fraction of sp³-hybridized carbons (Fsp3) is 0.667. The molecule has 1 aromatic rings. The topological polar surface area (TPSA) is 50.2 Å². The molecule has 94 valence electrons. The van der Waals surface area contributed by atoms with Crippen molar-refractivity contribution in [2.75, 3.05) is 27.2 Å². The third-order valence-electron chi connectivity index (χ3n) is 3.07. The van der Waals surface area contributed by atoms with E-state index in [1.807, 2.05) is 14.1 Å². The summed E-state index contributed by atoms with van der Waals surface area (Å²) in [6, 6.07) is 0. The lowest BCUT2D eigenvalue weighted by molar-refractivity contribution is 0.383. The monoisotopic (exact) mass is 236 g/mol. The molecular formula is C12H20N4O. The molecule has 0 saturated heterocycles. The number of rotatable bonds is 4. The average molecular weight is 236 g/mol. The second-order valence-corrected chi connectivity index (χ2v) is 4.75. The van der Waals surface area contributed by atoms with Crippen LogP contribution in [0.2, 0.25) is 0 Å². The normalized spacial score (nSPS) is 15.0. The third kappa shape index (κ3) is 2.92. The molecule has 0 atom stereocenters. The van der Waals surface area contributed by atoms with E-state index in [0.29, 0.717) is 0 Å².